The molecule has 0 aliphatic heterocycles. The van der Waals surface area contributed by atoms with E-state index in [1.54, 1.807) is 19.3 Å². The normalized spacial score (nSPS) is 18.9. The summed E-state index contributed by atoms with van der Waals surface area (Å²) in [5.41, 5.74) is 14.1. The first kappa shape index (κ1) is 18.0. The van der Waals surface area contributed by atoms with Crippen molar-refractivity contribution in [1.82, 2.24) is 4.90 Å². The van der Waals surface area contributed by atoms with Gasteiger partial charge < -0.3 is 16.4 Å². The summed E-state index contributed by atoms with van der Waals surface area (Å²) in [5.74, 6) is 0.436. The number of aryl methyl sites for hydroxylation is 1. The minimum absolute atomic E-state index is 0.0446. The lowest BCUT2D eigenvalue weighted by molar-refractivity contribution is 0.311. The van der Waals surface area contributed by atoms with Crippen LogP contribution in [0, 0.1) is 16.7 Å². The number of nitrogens with one attached hydrogen (secondary N) is 1. The molecule has 0 saturated carbocycles. The smallest absolute Gasteiger partial charge is 0.144 e. The Bertz CT molecular complexity index is 724. The van der Waals surface area contributed by atoms with Crippen LogP contribution in [0.2, 0.25) is 0 Å². The Hall–Kier alpha value is -2.33. The van der Waals surface area contributed by atoms with Gasteiger partial charge in [-0.05, 0) is 37.8 Å². The molecule has 1 heterocycles. The first-order valence-corrected chi connectivity index (χ1v) is 8.74. The Morgan fingerprint density at radius 3 is 2.92 bits per heavy atom. The van der Waals surface area contributed by atoms with Crippen LogP contribution in [0.15, 0.2) is 16.8 Å². The summed E-state index contributed by atoms with van der Waals surface area (Å²) in [6.07, 6.45) is 6.24. The summed E-state index contributed by atoms with van der Waals surface area (Å²) < 4.78 is 0. The van der Waals surface area contributed by atoms with E-state index in [1.807, 2.05) is 11.9 Å². The molecule has 0 amide bonds. The minimum atomic E-state index is 0.0446. The molecule has 7 heteroatoms. The highest BCUT2D eigenvalue weighted by Crippen LogP contribution is 2.44. The molecule has 1 aromatic heterocycles. The summed E-state index contributed by atoms with van der Waals surface area (Å²) >= 11 is 1.53. The number of thiophene rings is 1. The molecule has 0 radical (unpaired) electrons. The van der Waals surface area contributed by atoms with Crippen molar-refractivity contribution in [3.8, 4) is 6.07 Å². The standard InChI is InChI=1S/C17H24N6S/c1-10(23(3)16(20)13(19)7-8-22-2)11-5-4-6-14-15(11)12(9-18)17(21)24-14/h7-8,10-11,20H,4-6,19,21H2,1-3H3. The van der Waals surface area contributed by atoms with E-state index in [4.69, 9.17) is 16.9 Å². The van der Waals surface area contributed by atoms with Gasteiger partial charge in [0.2, 0.25) is 0 Å². The van der Waals surface area contributed by atoms with E-state index in [2.05, 4.69) is 18.0 Å². The molecule has 1 aliphatic carbocycles. The molecule has 0 fully saturated rings. The molecule has 0 saturated heterocycles. The number of nitriles is 1. The number of amidine groups is 1. The molecule has 128 valence electrons. The second-order valence-corrected chi connectivity index (χ2v) is 7.15. The van der Waals surface area contributed by atoms with E-state index in [0.717, 1.165) is 24.8 Å². The zero-order chi connectivity index (χ0) is 17.9. The lowest BCUT2D eigenvalue weighted by Crippen LogP contribution is -2.41. The van der Waals surface area contributed by atoms with Crippen LogP contribution in [-0.4, -0.2) is 37.1 Å². The third-order valence-electron chi connectivity index (χ3n) is 4.67. The van der Waals surface area contributed by atoms with Gasteiger partial charge in [0.1, 0.15) is 16.9 Å². The van der Waals surface area contributed by atoms with Gasteiger partial charge in [-0.3, -0.25) is 10.4 Å². The number of hydrogen-bond donors (Lipinski definition) is 3. The van der Waals surface area contributed by atoms with Crippen molar-refractivity contribution in [1.29, 1.82) is 10.7 Å². The van der Waals surface area contributed by atoms with Crippen LogP contribution in [-0.2, 0) is 6.42 Å². The van der Waals surface area contributed by atoms with Gasteiger partial charge >= 0.3 is 0 Å². The molecule has 2 atom stereocenters. The molecule has 6 nitrogen and oxygen atoms in total. The van der Waals surface area contributed by atoms with Crippen LogP contribution in [0.1, 0.15) is 41.7 Å². The second kappa shape index (κ2) is 7.49. The van der Waals surface area contributed by atoms with E-state index in [0.29, 0.717) is 16.3 Å². The molecule has 0 aromatic carbocycles. The minimum Gasteiger partial charge on any atom is -0.396 e. The summed E-state index contributed by atoms with van der Waals surface area (Å²) in [5, 5.41) is 18.4. The molecule has 2 unspecified atom stereocenters. The fourth-order valence-corrected chi connectivity index (χ4v) is 4.36. The molecular weight excluding hydrogens is 320 g/mol. The highest BCUT2D eigenvalue weighted by molar-refractivity contribution is 7.16. The van der Waals surface area contributed by atoms with Crippen molar-refractivity contribution >= 4 is 28.4 Å². The topological polar surface area (TPSA) is 115 Å². The summed E-state index contributed by atoms with van der Waals surface area (Å²) in [6, 6.07) is 2.31. The number of nitrogen functional groups attached to an aromatic ring is 1. The first-order chi connectivity index (χ1) is 11.4. The largest absolute Gasteiger partial charge is 0.396 e. The van der Waals surface area contributed by atoms with Crippen molar-refractivity contribution in [2.75, 3.05) is 19.8 Å². The van der Waals surface area contributed by atoms with E-state index in [-0.39, 0.29) is 17.8 Å². The molecule has 1 aromatic rings. The zero-order valence-corrected chi connectivity index (χ0v) is 15.2. The van der Waals surface area contributed by atoms with Gasteiger partial charge in [-0.25, -0.2) is 0 Å². The van der Waals surface area contributed by atoms with Crippen LogP contribution in [0.5, 0.6) is 0 Å². The van der Waals surface area contributed by atoms with Gasteiger partial charge in [0, 0.05) is 37.1 Å². The zero-order valence-electron chi connectivity index (χ0n) is 14.3. The fourth-order valence-electron chi connectivity index (χ4n) is 3.22. The van der Waals surface area contributed by atoms with Crippen LogP contribution < -0.4 is 11.5 Å². The fraction of sp³-hybridized carbons (Fsp3) is 0.471. The SMILES string of the molecule is CN=CC=C(N)C(=N)N(C)C(C)C1CCCc2sc(N)c(C#N)c21. The average molecular weight is 344 g/mol. The van der Waals surface area contributed by atoms with Crippen LogP contribution in [0.4, 0.5) is 5.00 Å². The number of anilines is 1. The average Bonchev–Trinajstić information content (AvgIpc) is 2.92. The van der Waals surface area contributed by atoms with Gasteiger partial charge in [0.15, 0.2) is 0 Å². The molecule has 24 heavy (non-hydrogen) atoms. The summed E-state index contributed by atoms with van der Waals surface area (Å²) in [7, 11) is 3.53. The lowest BCUT2D eigenvalue weighted by atomic mass is 9.80. The number of rotatable bonds is 4. The number of allylic oxidation sites excluding steroid dienone is 1. The van der Waals surface area contributed by atoms with Crippen molar-refractivity contribution in [2.45, 2.75) is 38.1 Å². The predicted molar refractivity (Wildman–Crippen MR) is 101 cm³/mol. The van der Waals surface area contributed by atoms with Gasteiger partial charge in [0.05, 0.1) is 11.3 Å². The van der Waals surface area contributed by atoms with Crippen molar-refractivity contribution in [3.05, 3.63) is 27.8 Å². The Morgan fingerprint density at radius 1 is 1.58 bits per heavy atom. The van der Waals surface area contributed by atoms with Gasteiger partial charge in [-0.2, -0.15) is 5.26 Å². The molecule has 0 spiro atoms. The lowest BCUT2D eigenvalue weighted by Gasteiger charge is -2.36. The summed E-state index contributed by atoms with van der Waals surface area (Å²) in [6.45, 7) is 2.07. The van der Waals surface area contributed by atoms with E-state index >= 15 is 0 Å². The highest BCUT2D eigenvalue weighted by atomic mass is 32.1. The van der Waals surface area contributed by atoms with Crippen molar-refractivity contribution < 1.29 is 0 Å². The Balaban J connectivity index is 2.30. The van der Waals surface area contributed by atoms with Crippen LogP contribution >= 0.6 is 11.3 Å². The van der Waals surface area contributed by atoms with Gasteiger partial charge in [-0.15, -0.1) is 11.3 Å². The number of fused-ring (bicyclic) bond motifs is 1. The summed E-state index contributed by atoms with van der Waals surface area (Å²) in [4.78, 5) is 6.94. The van der Waals surface area contributed by atoms with Crippen LogP contribution in [0.3, 0.4) is 0 Å². The Kier molecular flexibility index (Phi) is 5.62. The first-order valence-electron chi connectivity index (χ1n) is 7.93. The third-order valence-corrected chi connectivity index (χ3v) is 5.77. The van der Waals surface area contributed by atoms with Crippen molar-refractivity contribution in [3.63, 3.8) is 0 Å². The monoisotopic (exact) mass is 344 g/mol. The number of hydrogen-bond acceptors (Lipinski definition) is 6. The Labute approximate surface area is 147 Å². The van der Waals surface area contributed by atoms with Crippen LogP contribution in [0.25, 0.3) is 0 Å². The van der Waals surface area contributed by atoms with E-state index in [1.165, 1.54) is 16.2 Å². The molecule has 5 N–H and O–H groups in total. The van der Waals surface area contributed by atoms with Crippen molar-refractivity contribution in [2.24, 2.45) is 10.7 Å². The predicted octanol–water partition coefficient (Wildman–Crippen LogP) is 2.46. The molecule has 2 rings (SSSR count). The molecule has 0 bridgehead atoms. The number of nitrogens with zero attached hydrogens (tertiary/aromatic N) is 3. The van der Waals surface area contributed by atoms with Gasteiger partial charge in [-0.1, -0.05) is 0 Å². The highest BCUT2D eigenvalue weighted by Gasteiger charge is 2.33. The second-order valence-electron chi connectivity index (χ2n) is 6.02. The molecular formula is C17H24N6S. The Morgan fingerprint density at radius 2 is 2.29 bits per heavy atom. The number of aliphatic imine (C=N–C) groups is 1. The number of likely N-dealkylation sites (N-methyl/N-ethyl adjacent to an activating group) is 1. The van der Waals surface area contributed by atoms with Gasteiger partial charge in [0.25, 0.3) is 0 Å². The third kappa shape index (κ3) is 3.29. The maximum absolute atomic E-state index is 9.47. The van der Waals surface area contributed by atoms with E-state index < -0.39 is 0 Å². The maximum Gasteiger partial charge on any atom is 0.144 e. The van der Waals surface area contributed by atoms with E-state index in [9.17, 15) is 5.26 Å². The maximum atomic E-state index is 9.47. The quantitative estimate of drug-likeness (QED) is 0.574. The number of nitrogens with two attached hydrogens (primary N) is 2. The molecule has 1 aliphatic rings.